The Bertz CT molecular complexity index is 674. The lowest BCUT2D eigenvalue weighted by Crippen LogP contribution is -2.53. The van der Waals surface area contributed by atoms with Gasteiger partial charge in [-0.2, -0.15) is 0 Å². The number of nitrogens with zero attached hydrogens (tertiary/aromatic N) is 1. The Hall–Kier alpha value is -1.64. The van der Waals surface area contributed by atoms with Gasteiger partial charge >= 0.3 is 0 Å². The van der Waals surface area contributed by atoms with E-state index in [0.29, 0.717) is 37.5 Å². The van der Waals surface area contributed by atoms with E-state index in [0.717, 1.165) is 0 Å². The molecule has 0 bridgehead atoms. The van der Waals surface area contributed by atoms with E-state index < -0.39 is 10.0 Å². The van der Waals surface area contributed by atoms with Gasteiger partial charge in [0.25, 0.3) is 0 Å². The number of anilines is 2. The van der Waals surface area contributed by atoms with Gasteiger partial charge in [0, 0.05) is 18.8 Å². The average molecular weight is 339 g/mol. The molecule has 0 saturated carbocycles. The van der Waals surface area contributed by atoms with Gasteiger partial charge in [-0.1, -0.05) is 0 Å². The molecular formula is C15H21N3O4S. The van der Waals surface area contributed by atoms with Crippen molar-refractivity contribution in [1.29, 1.82) is 0 Å². The van der Waals surface area contributed by atoms with Crippen LogP contribution in [0.15, 0.2) is 24.3 Å². The molecule has 2 heterocycles. The van der Waals surface area contributed by atoms with Crippen LogP contribution >= 0.6 is 0 Å². The van der Waals surface area contributed by atoms with Gasteiger partial charge in [-0.3, -0.25) is 9.10 Å². The maximum atomic E-state index is 12.3. The third kappa shape index (κ3) is 3.49. The molecule has 2 aliphatic rings. The van der Waals surface area contributed by atoms with Gasteiger partial charge in [-0.25, -0.2) is 8.42 Å². The van der Waals surface area contributed by atoms with E-state index in [4.69, 9.17) is 4.74 Å². The third-order valence-corrected chi connectivity index (χ3v) is 5.99. The van der Waals surface area contributed by atoms with Gasteiger partial charge in [-0.05, 0) is 37.6 Å². The summed E-state index contributed by atoms with van der Waals surface area (Å²) in [4.78, 5) is 12.3. The second kappa shape index (κ2) is 6.46. The molecule has 1 aromatic carbocycles. The predicted molar refractivity (Wildman–Crippen MR) is 88.0 cm³/mol. The molecule has 1 amide bonds. The molecule has 8 heteroatoms. The summed E-state index contributed by atoms with van der Waals surface area (Å²) in [7, 11) is -3.18. The van der Waals surface area contributed by atoms with Crippen molar-refractivity contribution in [3.05, 3.63) is 24.3 Å². The minimum atomic E-state index is -3.18. The third-order valence-electron chi connectivity index (χ3n) is 4.12. The number of ether oxygens (including phenoxy) is 1. The van der Waals surface area contributed by atoms with Crippen molar-refractivity contribution >= 4 is 27.3 Å². The molecule has 0 aromatic heterocycles. The topological polar surface area (TPSA) is 87.7 Å². The van der Waals surface area contributed by atoms with E-state index in [1.807, 2.05) is 6.92 Å². The highest BCUT2D eigenvalue weighted by atomic mass is 32.2. The number of amides is 1. The number of hydrogen-bond donors (Lipinski definition) is 2. The van der Waals surface area contributed by atoms with Crippen LogP contribution in [0, 0.1) is 0 Å². The van der Waals surface area contributed by atoms with Crippen LogP contribution in [-0.2, 0) is 19.6 Å². The molecule has 23 heavy (non-hydrogen) atoms. The Labute approximate surface area is 136 Å². The molecule has 2 fully saturated rings. The Kier molecular flexibility index (Phi) is 4.56. The molecule has 1 aromatic rings. The monoisotopic (exact) mass is 339 g/mol. The minimum absolute atomic E-state index is 0.154. The average Bonchev–Trinajstić information content (AvgIpc) is 2.88. The quantitative estimate of drug-likeness (QED) is 0.839. The van der Waals surface area contributed by atoms with Crippen LogP contribution in [0.5, 0.6) is 0 Å². The minimum Gasteiger partial charge on any atom is -0.375 e. The van der Waals surface area contributed by atoms with Gasteiger partial charge < -0.3 is 15.4 Å². The highest BCUT2D eigenvalue weighted by Gasteiger charge is 2.29. The fourth-order valence-corrected chi connectivity index (χ4v) is 4.45. The maximum Gasteiger partial charge on any atom is 0.244 e. The molecule has 3 rings (SSSR count). The fourth-order valence-electron chi connectivity index (χ4n) is 2.89. The molecular weight excluding hydrogens is 318 g/mol. The molecule has 2 atom stereocenters. The van der Waals surface area contributed by atoms with Crippen LogP contribution < -0.4 is 14.9 Å². The van der Waals surface area contributed by atoms with Crippen LogP contribution in [0.4, 0.5) is 11.4 Å². The first kappa shape index (κ1) is 16.2. The summed E-state index contributed by atoms with van der Waals surface area (Å²) in [5, 5.41) is 5.96. The predicted octanol–water partition coefficient (Wildman–Crippen LogP) is 0.542. The van der Waals surface area contributed by atoms with Crippen LogP contribution in [-0.4, -0.2) is 51.9 Å². The standard InChI is InChI=1S/C15H21N3O4S/c1-11-14(16-7-9-22-11)15(19)17-12-3-5-13(6-4-12)18-8-2-10-23(18,20)21/h3-6,11,14,16H,2,7-10H2,1H3,(H,17,19)/t11-,14+/m1/s1. The van der Waals surface area contributed by atoms with Crippen molar-refractivity contribution in [3.8, 4) is 0 Å². The number of hydrogen-bond acceptors (Lipinski definition) is 5. The zero-order chi connectivity index (χ0) is 16.4. The maximum absolute atomic E-state index is 12.3. The number of sulfonamides is 1. The van der Waals surface area contributed by atoms with Crippen LogP contribution in [0.1, 0.15) is 13.3 Å². The zero-order valence-electron chi connectivity index (χ0n) is 13.0. The number of rotatable bonds is 3. The number of morpholine rings is 1. The molecule has 0 radical (unpaired) electrons. The van der Waals surface area contributed by atoms with E-state index in [1.165, 1.54) is 4.31 Å². The Morgan fingerprint density at radius 2 is 2.09 bits per heavy atom. The van der Waals surface area contributed by atoms with Crippen LogP contribution in [0.2, 0.25) is 0 Å². The molecule has 7 nitrogen and oxygen atoms in total. The highest BCUT2D eigenvalue weighted by Crippen LogP contribution is 2.25. The normalized spacial score (nSPS) is 26.9. The number of benzene rings is 1. The van der Waals surface area contributed by atoms with E-state index in [1.54, 1.807) is 24.3 Å². The van der Waals surface area contributed by atoms with Crippen LogP contribution in [0.25, 0.3) is 0 Å². The van der Waals surface area contributed by atoms with E-state index >= 15 is 0 Å². The summed E-state index contributed by atoms with van der Waals surface area (Å²) in [6.07, 6.45) is 0.462. The summed E-state index contributed by atoms with van der Waals surface area (Å²) < 4.78 is 30.7. The molecule has 126 valence electrons. The number of carbonyl (C=O) groups is 1. The van der Waals surface area contributed by atoms with Gasteiger partial charge in [0.15, 0.2) is 0 Å². The molecule has 2 aliphatic heterocycles. The smallest absolute Gasteiger partial charge is 0.244 e. The first-order valence-corrected chi connectivity index (χ1v) is 9.35. The lowest BCUT2D eigenvalue weighted by molar-refractivity contribution is -0.123. The largest absolute Gasteiger partial charge is 0.375 e. The van der Waals surface area contributed by atoms with Crippen molar-refractivity contribution < 1.29 is 17.9 Å². The molecule has 0 unspecified atom stereocenters. The molecule has 0 aliphatic carbocycles. The van der Waals surface area contributed by atoms with Crippen LogP contribution in [0.3, 0.4) is 0 Å². The fraction of sp³-hybridized carbons (Fsp3) is 0.533. The molecule has 0 spiro atoms. The highest BCUT2D eigenvalue weighted by molar-refractivity contribution is 7.93. The van der Waals surface area contributed by atoms with Gasteiger partial charge in [-0.15, -0.1) is 0 Å². The number of carbonyl (C=O) groups excluding carboxylic acids is 1. The Morgan fingerprint density at radius 3 is 2.70 bits per heavy atom. The van der Waals surface area contributed by atoms with Crippen molar-refractivity contribution in [2.45, 2.75) is 25.5 Å². The Balaban J connectivity index is 1.67. The first-order chi connectivity index (χ1) is 11.0. The van der Waals surface area contributed by atoms with Crippen molar-refractivity contribution in [2.24, 2.45) is 0 Å². The van der Waals surface area contributed by atoms with Gasteiger partial charge in [0.1, 0.15) is 6.04 Å². The summed E-state index contributed by atoms with van der Waals surface area (Å²) >= 11 is 0. The second-order valence-electron chi connectivity index (χ2n) is 5.79. The molecule has 2 N–H and O–H groups in total. The summed E-state index contributed by atoms with van der Waals surface area (Å²) in [5.41, 5.74) is 1.27. The lowest BCUT2D eigenvalue weighted by Gasteiger charge is -2.29. The first-order valence-electron chi connectivity index (χ1n) is 7.74. The summed E-state index contributed by atoms with van der Waals surface area (Å²) in [6.45, 7) is 3.62. The van der Waals surface area contributed by atoms with Gasteiger partial charge in [0.05, 0.1) is 24.2 Å². The lowest BCUT2D eigenvalue weighted by atomic mass is 10.1. The summed E-state index contributed by atoms with van der Waals surface area (Å²) in [6, 6.07) is 6.48. The zero-order valence-corrected chi connectivity index (χ0v) is 13.8. The summed E-state index contributed by atoms with van der Waals surface area (Å²) in [5.74, 6) is 0.0373. The molecule has 2 saturated heterocycles. The van der Waals surface area contributed by atoms with E-state index in [9.17, 15) is 13.2 Å². The SMILES string of the molecule is C[C@H]1OCCN[C@@H]1C(=O)Nc1ccc(N2CCCS2(=O)=O)cc1. The van der Waals surface area contributed by atoms with Crippen molar-refractivity contribution in [3.63, 3.8) is 0 Å². The van der Waals surface area contributed by atoms with Crippen molar-refractivity contribution in [2.75, 3.05) is 35.1 Å². The number of nitrogens with one attached hydrogen (secondary N) is 2. The second-order valence-corrected chi connectivity index (χ2v) is 7.80. The van der Waals surface area contributed by atoms with E-state index in [-0.39, 0.29) is 23.8 Å². The van der Waals surface area contributed by atoms with E-state index in [2.05, 4.69) is 10.6 Å². The van der Waals surface area contributed by atoms with Gasteiger partial charge in [0.2, 0.25) is 15.9 Å². The van der Waals surface area contributed by atoms with Crippen molar-refractivity contribution in [1.82, 2.24) is 5.32 Å². The Morgan fingerprint density at radius 1 is 1.35 bits per heavy atom.